The minimum absolute atomic E-state index is 0.270. The van der Waals surface area contributed by atoms with Gasteiger partial charge in [-0.3, -0.25) is 0 Å². The van der Waals surface area contributed by atoms with Gasteiger partial charge in [-0.2, -0.15) is 0 Å². The summed E-state index contributed by atoms with van der Waals surface area (Å²) in [5.41, 5.74) is 4.32. The first-order valence-corrected chi connectivity index (χ1v) is 18.1. The van der Waals surface area contributed by atoms with Gasteiger partial charge >= 0.3 is 17.9 Å². The van der Waals surface area contributed by atoms with Crippen molar-refractivity contribution in [3.63, 3.8) is 0 Å². The summed E-state index contributed by atoms with van der Waals surface area (Å²) in [6.07, 6.45) is 12.0. The Labute approximate surface area is 286 Å². The molecule has 2 aromatic rings. The molecule has 0 amide bonds. The van der Waals surface area contributed by atoms with Crippen molar-refractivity contribution in [1.29, 1.82) is 0 Å². The summed E-state index contributed by atoms with van der Waals surface area (Å²) in [5, 5.41) is 0. The van der Waals surface area contributed by atoms with Gasteiger partial charge in [0.15, 0.2) is 18.5 Å². The lowest BCUT2D eigenvalue weighted by Crippen LogP contribution is -2.39. The molecule has 1 aliphatic carbocycles. The molecule has 1 saturated heterocycles. The lowest BCUT2D eigenvalue weighted by atomic mass is 9.77. The topological polar surface area (TPSA) is 97.4 Å². The van der Waals surface area contributed by atoms with Gasteiger partial charge in [0.2, 0.25) is 0 Å². The molecule has 0 spiro atoms. The molecule has 4 rings (SSSR count). The van der Waals surface area contributed by atoms with Crippen molar-refractivity contribution in [2.24, 2.45) is 5.92 Å². The Bertz CT molecular complexity index is 1250. The molecule has 2 atom stereocenters. The van der Waals surface area contributed by atoms with E-state index in [4.69, 9.17) is 23.7 Å². The summed E-state index contributed by atoms with van der Waals surface area (Å²) >= 11 is 0. The van der Waals surface area contributed by atoms with Gasteiger partial charge < -0.3 is 23.7 Å². The van der Waals surface area contributed by atoms with Crippen molar-refractivity contribution < 1.29 is 38.1 Å². The summed E-state index contributed by atoms with van der Waals surface area (Å²) in [4.78, 5) is 36.7. The van der Waals surface area contributed by atoms with Crippen molar-refractivity contribution in [1.82, 2.24) is 0 Å². The van der Waals surface area contributed by atoms with Gasteiger partial charge in [0, 0.05) is 11.6 Å². The first kappa shape index (κ1) is 37.3. The van der Waals surface area contributed by atoms with E-state index < -0.39 is 30.4 Å². The second kappa shape index (κ2) is 20.1. The highest BCUT2D eigenvalue weighted by molar-refractivity contribution is 5.86. The van der Waals surface area contributed by atoms with Crippen molar-refractivity contribution in [2.45, 2.75) is 122 Å². The van der Waals surface area contributed by atoms with Gasteiger partial charge in [0.1, 0.15) is 0 Å². The third kappa shape index (κ3) is 11.3. The van der Waals surface area contributed by atoms with E-state index in [2.05, 4.69) is 30.8 Å². The number of rotatable bonds is 19. The second-order valence-electron chi connectivity index (χ2n) is 13.0. The molecule has 8 nitrogen and oxygen atoms in total. The first-order valence-electron chi connectivity index (χ1n) is 18.1. The molecule has 1 aliphatic heterocycles. The third-order valence-corrected chi connectivity index (χ3v) is 9.43. The molecular weight excluding hydrogens is 608 g/mol. The number of carbonyl (C=O) groups excluding carboxylic acids is 3. The molecule has 0 aromatic heterocycles. The van der Waals surface area contributed by atoms with Crippen molar-refractivity contribution in [3.8, 4) is 11.1 Å². The van der Waals surface area contributed by atoms with E-state index in [1.807, 2.05) is 38.1 Å². The molecule has 2 aromatic carbocycles. The molecule has 0 N–H and O–H groups in total. The Hall–Kier alpha value is -3.49. The highest BCUT2D eigenvalue weighted by atomic mass is 16.8. The smallest absolute Gasteiger partial charge is 0.338 e. The normalized spacial score (nSPS) is 21.0. The van der Waals surface area contributed by atoms with Crippen LogP contribution in [0.4, 0.5) is 0 Å². The van der Waals surface area contributed by atoms with Crippen LogP contribution in [0.5, 0.6) is 0 Å². The number of benzene rings is 2. The van der Waals surface area contributed by atoms with E-state index in [-0.39, 0.29) is 19.2 Å². The Morgan fingerprint density at radius 2 is 1.17 bits per heavy atom. The lowest BCUT2D eigenvalue weighted by Gasteiger charge is -2.29. The molecule has 2 aliphatic rings. The Morgan fingerprint density at radius 3 is 1.69 bits per heavy atom. The van der Waals surface area contributed by atoms with Crippen molar-refractivity contribution in [3.05, 3.63) is 72.3 Å². The van der Waals surface area contributed by atoms with E-state index >= 15 is 0 Å². The van der Waals surface area contributed by atoms with Gasteiger partial charge in [0.05, 0.1) is 19.8 Å². The minimum atomic E-state index is -1.17. The molecule has 1 heterocycles. The highest BCUT2D eigenvalue weighted by Gasteiger charge is 2.47. The van der Waals surface area contributed by atoms with Crippen molar-refractivity contribution in [2.75, 3.05) is 19.8 Å². The summed E-state index contributed by atoms with van der Waals surface area (Å²) < 4.78 is 27.7. The third-order valence-electron chi connectivity index (χ3n) is 9.43. The van der Waals surface area contributed by atoms with Crippen molar-refractivity contribution >= 4 is 17.9 Å². The molecular formula is C40H54O8. The predicted molar refractivity (Wildman–Crippen MR) is 185 cm³/mol. The number of hydrogen-bond donors (Lipinski definition) is 0. The van der Waals surface area contributed by atoms with Crippen LogP contribution in [0.15, 0.2) is 61.2 Å². The van der Waals surface area contributed by atoms with Gasteiger partial charge in [-0.15, -0.1) is 0 Å². The Kier molecular flexibility index (Phi) is 15.6. The number of ether oxygens (including phenoxy) is 5. The van der Waals surface area contributed by atoms with Gasteiger partial charge in [0.25, 0.3) is 0 Å². The average molecular weight is 663 g/mol. The van der Waals surface area contributed by atoms with Gasteiger partial charge in [-0.25, -0.2) is 14.4 Å². The monoisotopic (exact) mass is 662 g/mol. The number of esters is 3. The molecule has 0 radical (unpaired) electrons. The molecule has 2 fully saturated rings. The fraction of sp³-hybridized carbons (Fsp3) is 0.575. The maximum absolute atomic E-state index is 12.8. The van der Waals surface area contributed by atoms with Crippen LogP contribution in [0, 0.1) is 5.92 Å². The zero-order valence-electron chi connectivity index (χ0n) is 28.9. The molecule has 1 saturated carbocycles. The van der Waals surface area contributed by atoms with Crippen LogP contribution < -0.4 is 0 Å². The maximum Gasteiger partial charge on any atom is 0.338 e. The molecule has 48 heavy (non-hydrogen) atoms. The number of hydrogen-bond acceptors (Lipinski definition) is 8. The van der Waals surface area contributed by atoms with Crippen LogP contribution in [0.2, 0.25) is 0 Å². The van der Waals surface area contributed by atoms with Crippen LogP contribution >= 0.6 is 0 Å². The number of unbranched alkanes of at least 4 members (excludes halogenated alkanes) is 5. The van der Waals surface area contributed by atoms with Crippen LogP contribution in [-0.4, -0.2) is 49.9 Å². The van der Waals surface area contributed by atoms with E-state index in [1.54, 1.807) is 0 Å². The van der Waals surface area contributed by atoms with Gasteiger partial charge in [-0.1, -0.05) is 107 Å². The van der Waals surface area contributed by atoms with Gasteiger partial charge in [-0.05, 0) is 73.5 Å². The predicted octanol–water partition coefficient (Wildman–Crippen LogP) is 8.78. The molecule has 0 unspecified atom stereocenters. The summed E-state index contributed by atoms with van der Waals surface area (Å²) in [6.45, 7) is 8.47. The zero-order chi connectivity index (χ0) is 34.1. The average Bonchev–Trinajstić information content (AvgIpc) is 3.58. The second-order valence-corrected chi connectivity index (χ2v) is 13.0. The summed E-state index contributed by atoms with van der Waals surface area (Å²) in [6, 6.07) is 16.8. The van der Waals surface area contributed by atoms with E-state index in [0.29, 0.717) is 12.5 Å². The quantitative estimate of drug-likeness (QED) is 0.0637. The van der Waals surface area contributed by atoms with Crippen LogP contribution in [0.3, 0.4) is 0 Å². The lowest BCUT2D eigenvalue weighted by molar-refractivity contribution is -0.163. The Balaban J connectivity index is 1.25. The van der Waals surface area contributed by atoms with Crippen LogP contribution in [0.25, 0.3) is 11.1 Å². The van der Waals surface area contributed by atoms with E-state index in [1.165, 1.54) is 56.6 Å². The summed E-state index contributed by atoms with van der Waals surface area (Å²) in [7, 11) is 0. The maximum atomic E-state index is 12.8. The summed E-state index contributed by atoms with van der Waals surface area (Å²) in [5.74, 6) is -0.124. The number of carbonyl (C=O) groups is 3. The van der Waals surface area contributed by atoms with Crippen LogP contribution in [-0.2, 0) is 38.1 Å². The highest BCUT2D eigenvalue weighted by Crippen LogP contribution is 2.39. The van der Waals surface area contributed by atoms with E-state index in [0.717, 1.165) is 61.1 Å². The fourth-order valence-corrected chi connectivity index (χ4v) is 6.44. The minimum Gasteiger partial charge on any atom is -0.464 e. The first-order chi connectivity index (χ1) is 23.4. The fourth-order valence-electron chi connectivity index (χ4n) is 6.44. The van der Waals surface area contributed by atoms with Crippen LogP contribution in [0.1, 0.15) is 121 Å². The standard InChI is InChI=1S/C40H54O8/c1-4-7-26-45-38(42)36-37(39(43)46-27-8-5-2)48-40(47-36)34-24-22-33(23-25-34)32-20-18-31(19-21-32)30-16-14-29(15-17-30)13-11-9-10-12-28-44-35(41)6-3/h6,18-25,29-30,36-37,40H,3-5,7-17,26-28H2,1-2H3/t29-,30-,36-,37-/m1/s1. The molecule has 8 heteroatoms. The molecule has 0 bridgehead atoms. The Morgan fingerprint density at radius 1 is 0.667 bits per heavy atom. The SMILES string of the molecule is C=CC(=O)OCCCCCC[C@H]1CC[C@H](c2ccc(-c3ccc(C4O[C@@H](C(=O)OCCCC)[C@H](C(=O)OCCCC)O4)cc3)cc2)CC1. The van der Waals surface area contributed by atoms with E-state index in [9.17, 15) is 14.4 Å². The molecule has 262 valence electrons. The largest absolute Gasteiger partial charge is 0.464 e. The zero-order valence-corrected chi connectivity index (χ0v) is 28.9.